The summed E-state index contributed by atoms with van der Waals surface area (Å²) < 4.78 is 5.65. The van der Waals surface area contributed by atoms with E-state index >= 15 is 0 Å². The number of aliphatic hydroxyl groups excluding tert-OH is 2. The number of aliphatic hydroxyl groups is 2. The third kappa shape index (κ3) is 5.27. The highest BCUT2D eigenvalue weighted by atomic mass is 16.5. The first-order valence-electron chi connectivity index (χ1n) is 9.18. The van der Waals surface area contributed by atoms with Crippen LogP contribution in [0.4, 0.5) is 5.69 Å². The van der Waals surface area contributed by atoms with Gasteiger partial charge in [0, 0.05) is 18.7 Å². The fourth-order valence-corrected chi connectivity index (χ4v) is 2.92. The summed E-state index contributed by atoms with van der Waals surface area (Å²) in [6.07, 6.45) is 7.12. The molecule has 3 rings (SSSR count). The number of ether oxygens (including phenoxy) is 1. The molecule has 0 amide bonds. The van der Waals surface area contributed by atoms with Gasteiger partial charge < -0.3 is 25.0 Å². The lowest BCUT2D eigenvalue weighted by molar-refractivity contribution is -0.110. The molecule has 6 nitrogen and oxygen atoms in total. The summed E-state index contributed by atoms with van der Waals surface area (Å²) in [4.78, 5) is 14.2. The van der Waals surface area contributed by atoms with Crippen molar-refractivity contribution in [3.63, 3.8) is 0 Å². The van der Waals surface area contributed by atoms with Gasteiger partial charge in [-0.05, 0) is 47.5 Å². The molecule has 0 aromatic heterocycles. The molecule has 1 heterocycles. The third-order valence-electron chi connectivity index (χ3n) is 4.53. The molecule has 3 N–H and O–H groups in total. The van der Waals surface area contributed by atoms with Crippen molar-refractivity contribution in [2.45, 2.75) is 6.61 Å². The van der Waals surface area contributed by atoms with E-state index in [0.717, 1.165) is 29.6 Å². The number of carbonyl (C=O) groups is 1. The molecule has 0 radical (unpaired) electrons. The number of likely N-dealkylation sites (N-methyl/N-ethyl adjacent to an activating group) is 1. The molecule has 1 aliphatic heterocycles. The molecule has 0 atom stereocenters. The summed E-state index contributed by atoms with van der Waals surface area (Å²) in [6.45, 7) is 1.17. The van der Waals surface area contributed by atoms with Crippen molar-refractivity contribution in [3.05, 3.63) is 77.1 Å². The van der Waals surface area contributed by atoms with Crippen LogP contribution in [0.3, 0.4) is 0 Å². The van der Waals surface area contributed by atoms with Crippen molar-refractivity contribution < 1.29 is 24.9 Å². The number of phenols is 1. The Kier molecular flexibility index (Phi) is 6.36. The number of allylic oxidation sites excluding steroid dienone is 3. The van der Waals surface area contributed by atoms with Crippen molar-refractivity contribution in [3.8, 4) is 11.5 Å². The number of nitrogens with zero attached hydrogens (tertiary/aromatic N) is 1. The highest BCUT2D eigenvalue weighted by Crippen LogP contribution is 2.31. The van der Waals surface area contributed by atoms with Gasteiger partial charge in [0.2, 0.25) is 0 Å². The molecular formula is C23H23NO5. The smallest absolute Gasteiger partial charge is 0.182 e. The Labute approximate surface area is 169 Å². The topological polar surface area (TPSA) is 90.2 Å². The lowest BCUT2D eigenvalue weighted by Crippen LogP contribution is -2.28. The molecule has 2 aromatic carbocycles. The van der Waals surface area contributed by atoms with Crippen LogP contribution < -0.4 is 9.64 Å². The van der Waals surface area contributed by atoms with Crippen LogP contribution in [0.15, 0.2) is 60.4 Å². The Balaban J connectivity index is 1.65. The van der Waals surface area contributed by atoms with E-state index in [-0.39, 0.29) is 23.9 Å². The molecule has 0 spiro atoms. The second-order valence-corrected chi connectivity index (χ2v) is 6.68. The van der Waals surface area contributed by atoms with E-state index in [1.165, 1.54) is 18.2 Å². The molecule has 0 saturated heterocycles. The fraction of sp³-hybridized carbons (Fsp3) is 0.174. The maximum Gasteiger partial charge on any atom is 0.182 e. The normalized spacial score (nSPS) is 14.3. The van der Waals surface area contributed by atoms with E-state index in [1.54, 1.807) is 24.3 Å². The minimum absolute atomic E-state index is 0.00366. The van der Waals surface area contributed by atoms with Crippen LogP contribution in [0.1, 0.15) is 16.7 Å². The molecule has 0 aliphatic carbocycles. The summed E-state index contributed by atoms with van der Waals surface area (Å²) in [5, 5.41) is 28.7. The van der Waals surface area contributed by atoms with Crippen LogP contribution in [0.25, 0.3) is 12.2 Å². The second kappa shape index (κ2) is 9.12. The van der Waals surface area contributed by atoms with E-state index < -0.39 is 0 Å². The number of carbonyl (C=O) groups excluding carboxylic acids is 1. The van der Waals surface area contributed by atoms with Crippen LogP contribution >= 0.6 is 0 Å². The Morgan fingerprint density at radius 3 is 2.66 bits per heavy atom. The number of anilines is 1. The first kappa shape index (κ1) is 20.2. The van der Waals surface area contributed by atoms with Crippen LogP contribution in [-0.2, 0) is 11.4 Å². The highest BCUT2D eigenvalue weighted by Gasteiger charge is 2.14. The predicted molar refractivity (Wildman–Crippen MR) is 113 cm³/mol. The molecule has 2 aromatic rings. The first-order valence-corrected chi connectivity index (χ1v) is 9.18. The van der Waals surface area contributed by atoms with Crippen LogP contribution in [0, 0.1) is 0 Å². The van der Waals surface area contributed by atoms with Gasteiger partial charge in [-0.15, -0.1) is 0 Å². The highest BCUT2D eigenvalue weighted by molar-refractivity contribution is 6.02. The molecule has 0 fully saturated rings. The summed E-state index contributed by atoms with van der Waals surface area (Å²) in [5.74, 6) is 0.230. The summed E-state index contributed by atoms with van der Waals surface area (Å²) in [7, 11) is 2.00. The van der Waals surface area contributed by atoms with Gasteiger partial charge in [-0.25, -0.2) is 0 Å². The summed E-state index contributed by atoms with van der Waals surface area (Å²) in [6, 6.07) is 10.4. The minimum Gasteiger partial charge on any atom is -0.508 e. The minimum atomic E-state index is -0.357. The van der Waals surface area contributed by atoms with Gasteiger partial charge >= 0.3 is 0 Å². The SMILES string of the molecule is CN1CCOc2cc(/C=C/C(=O)C=C(O)/C=C/c3ccc(O)c(CO)c3)ccc21. The Morgan fingerprint density at radius 2 is 1.86 bits per heavy atom. The average molecular weight is 393 g/mol. The standard InChI is InChI=1S/C23H23NO5/c1-24-10-11-29-23-13-17(4-8-21(23)24)3-7-20(27)14-19(26)6-2-16-5-9-22(28)18(12-16)15-25/h2-9,12-14,25-26,28H,10-11,15H2,1H3/b6-2+,7-3+,19-14?. The van der Waals surface area contributed by atoms with Gasteiger partial charge in [-0.2, -0.15) is 0 Å². The van der Waals surface area contributed by atoms with Gasteiger partial charge in [0.15, 0.2) is 5.78 Å². The monoisotopic (exact) mass is 393 g/mol. The Bertz CT molecular complexity index is 991. The molecule has 0 saturated carbocycles. The van der Waals surface area contributed by atoms with E-state index in [4.69, 9.17) is 9.84 Å². The summed E-state index contributed by atoms with van der Waals surface area (Å²) in [5.41, 5.74) is 2.90. The zero-order chi connectivity index (χ0) is 20.8. The molecule has 0 bridgehead atoms. The van der Waals surface area contributed by atoms with Crippen molar-refractivity contribution >= 4 is 23.6 Å². The number of hydrogen-bond donors (Lipinski definition) is 3. The van der Waals surface area contributed by atoms with Gasteiger partial charge in [-0.1, -0.05) is 24.3 Å². The third-order valence-corrected chi connectivity index (χ3v) is 4.53. The van der Waals surface area contributed by atoms with Gasteiger partial charge in [0.1, 0.15) is 23.9 Å². The lowest BCUT2D eigenvalue weighted by atomic mass is 10.1. The van der Waals surface area contributed by atoms with Crippen molar-refractivity contribution in [2.75, 3.05) is 25.1 Å². The van der Waals surface area contributed by atoms with Crippen molar-refractivity contribution in [1.82, 2.24) is 0 Å². The number of benzene rings is 2. The van der Waals surface area contributed by atoms with Gasteiger partial charge in [0.25, 0.3) is 0 Å². The lowest BCUT2D eigenvalue weighted by Gasteiger charge is -2.27. The Hall–Kier alpha value is -3.51. The summed E-state index contributed by atoms with van der Waals surface area (Å²) >= 11 is 0. The molecular weight excluding hydrogens is 370 g/mol. The van der Waals surface area contributed by atoms with Crippen LogP contribution in [0.2, 0.25) is 0 Å². The first-order chi connectivity index (χ1) is 14.0. The largest absolute Gasteiger partial charge is 0.508 e. The number of hydrogen-bond acceptors (Lipinski definition) is 6. The number of ketones is 1. The molecule has 0 unspecified atom stereocenters. The Morgan fingerprint density at radius 1 is 1.14 bits per heavy atom. The van der Waals surface area contributed by atoms with E-state index in [9.17, 15) is 15.0 Å². The van der Waals surface area contributed by atoms with Crippen molar-refractivity contribution in [1.29, 1.82) is 0 Å². The maximum absolute atomic E-state index is 12.1. The van der Waals surface area contributed by atoms with Gasteiger partial charge in [0.05, 0.1) is 18.8 Å². The zero-order valence-electron chi connectivity index (χ0n) is 16.1. The van der Waals surface area contributed by atoms with E-state index in [2.05, 4.69) is 4.90 Å². The fourth-order valence-electron chi connectivity index (χ4n) is 2.92. The second-order valence-electron chi connectivity index (χ2n) is 6.68. The molecule has 150 valence electrons. The quantitative estimate of drug-likeness (QED) is 0.396. The number of fused-ring (bicyclic) bond motifs is 1. The number of rotatable bonds is 6. The molecule has 6 heteroatoms. The van der Waals surface area contributed by atoms with E-state index in [0.29, 0.717) is 17.7 Å². The average Bonchev–Trinajstić information content (AvgIpc) is 2.71. The van der Waals surface area contributed by atoms with E-state index in [1.807, 2.05) is 25.2 Å². The zero-order valence-corrected chi connectivity index (χ0v) is 16.1. The van der Waals surface area contributed by atoms with Crippen LogP contribution in [0.5, 0.6) is 11.5 Å². The molecule has 29 heavy (non-hydrogen) atoms. The molecule has 1 aliphatic rings. The van der Waals surface area contributed by atoms with Crippen LogP contribution in [-0.4, -0.2) is 41.3 Å². The predicted octanol–water partition coefficient (Wildman–Crippen LogP) is 3.45. The maximum atomic E-state index is 12.1. The number of aromatic hydroxyl groups is 1. The van der Waals surface area contributed by atoms with Crippen molar-refractivity contribution in [2.24, 2.45) is 0 Å². The van der Waals surface area contributed by atoms with Gasteiger partial charge in [-0.3, -0.25) is 4.79 Å².